The van der Waals surface area contributed by atoms with Crippen molar-refractivity contribution in [1.29, 1.82) is 0 Å². The molecule has 0 saturated heterocycles. The number of hydrogen-bond donors (Lipinski definition) is 1. The van der Waals surface area contributed by atoms with Gasteiger partial charge >= 0.3 is 0 Å². The molecule has 0 radical (unpaired) electrons. The van der Waals surface area contributed by atoms with Crippen LogP contribution in [0.15, 0.2) is 30.5 Å². The van der Waals surface area contributed by atoms with Gasteiger partial charge in [0.2, 0.25) is 5.82 Å². The van der Waals surface area contributed by atoms with Crippen molar-refractivity contribution in [2.24, 2.45) is 0 Å². The third kappa shape index (κ3) is 2.27. The zero-order chi connectivity index (χ0) is 14.2. The van der Waals surface area contributed by atoms with Gasteiger partial charge in [0.15, 0.2) is 0 Å². The molecule has 0 amide bonds. The largest absolute Gasteiger partial charge is 0.240 e. The van der Waals surface area contributed by atoms with E-state index in [9.17, 15) is 0 Å². The Balaban J connectivity index is 1.92. The lowest BCUT2D eigenvalue weighted by atomic mass is 10.1. The topological polar surface area (TPSA) is 80.2 Å². The zero-order valence-electron chi connectivity index (χ0n) is 11.0. The second-order valence-corrected chi connectivity index (χ2v) is 5.39. The van der Waals surface area contributed by atoms with E-state index < -0.39 is 0 Å². The Bertz CT molecular complexity index is 782. The van der Waals surface area contributed by atoms with Gasteiger partial charge in [-0.25, -0.2) is 9.97 Å². The summed E-state index contributed by atoms with van der Waals surface area (Å²) in [5.74, 6) is 1.75. The number of aromatic amines is 1. The van der Waals surface area contributed by atoms with Crippen LogP contribution in [0.2, 0.25) is 5.02 Å². The highest BCUT2D eigenvalue weighted by atomic mass is 35.5. The van der Waals surface area contributed by atoms with Gasteiger partial charge in [-0.3, -0.25) is 0 Å². The normalized spacial score (nSPS) is 14.3. The SMILES string of the molecule is Clc1ccccc1-c1cnc(C2CC2)nc1-c1nn[nH]n1. The number of nitrogens with zero attached hydrogens (tertiary/aromatic N) is 5. The van der Waals surface area contributed by atoms with Gasteiger partial charge in [0, 0.05) is 28.3 Å². The molecular formula is C14H11ClN6. The first kappa shape index (κ1) is 12.4. The maximum Gasteiger partial charge on any atom is 0.223 e. The zero-order valence-corrected chi connectivity index (χ0v) is 11.7. The Morgan fingerprint density at radius 3 is 2.71 bits per heavy atom. The summed E-state index contributed by atoms with van der Waals surface area (Å²) in [6.07, 6.45) is 4.07. The highest BCUT2D eigenvalue weighted by molar-refractivity contribution is 6.33. The number of nitrogens with one attached hydrogen (secondary N) is 1. The van der Waals surface area contributed by atoms with E-state index in [1.54, 1.807) is 6.20 Å². The van der Waals surface area contributed by atoms with Crippen LogP contribution in [0, 0.1) is 0 Å². The van der Waals surface area contributed by atoms with E-state index in [4.69, 9.17) is 11.6 Å². The Labute approximate surface area is 125 Å². The number of benzene rings is 1. The molecule has 3 aromatic rings. The monoisotopic (exact) mass is 298 g/mol. The van der Waals surface area contributed by atoms with Crippen molar-refractivity contribution in [3.8, 4) is 22.6 Å². The van der Waals surface area contributed by atoms with E-state index in [2.05, 4.69) is 30.6 Å². The molecule has 2 aromatic heterocycles. The van der Waals surface area contributed by atoms with Crippen LogP contribution in [-0.4, -0.2) is 30.6 Å². The van der Waals surface area contributed by atoms with Gasteiger partial charge in [0.05, 0.1) is 0 Å². The first-order chi connectivity index (χ1) is 10.3. The van der Waals surface area contributed by atoms with Crippen LogP contribution in [0.4, 0.5) is 0 Å². The fraction of sp³-hybridized carbons (Fsp3) is 0.214. The molecule has 104 valence electrons. The smallest absolute Gasteiger partial charge is 0.223 e. The summed E-state index contributed by atoms with van der Waals surface area (Å²) in [7, 11) is 0. The fourth-order valence-corrected chi connectivity index (χ4v) is 2.48. The highest BCUT2D eigenvalue weighted by Crippen LogP contribution is 2.40. The molecule has 1 aromatic carbocycles. The Kier molecular flexibility index (Phi) is 2.89. The molecule has 0 aliphatic heterocycles. The molecule has 4 rings (SSSR count). The third-order valence-corrected chi connectivity index (χ3v) is 3.80. The second kappa shape index (κ2) is 4.89. The van der Waals surface area contributed by atoms with E-state index in [0.29, 0.717) is 22.5 Å². The number of tetrazole rings is 1. The standard InChI is InChI=1S/C14H11ClN6/c15-11-4-2-1-3-9(11)10-7-16-13(8-5-6-8)17-12(10)14-18-20-21-19-14/h1-4,7-8H,5-6H2,(H,18,19,20,21). The molecule has 6 nitrogen and oxygen atoms in total. The van der Waals surface area contributed by atoms with E-state index in [1.165, 1.54) is 0 Å². The third-order valence-electron chi connectivity index (χ3n) is 3.47. The van der Waals surface area contributed by atoms with Crippen molar-refractivity contribution in [3.05, 3.63) is 41.3 Å². The predicted molar refractivity (Wildman–Crippen MR) is 77.6 cm³/mol. The fourth-order valence-electron chi connectivity index (χ4n) is 2.24. The lowest BCUT2D eigenvalue weighted by Gasteiger charge is -2.09. The minimum Gasteiger partial charge on any atom is -0.240 e. The van der Waals surface area contributed by atoms with E-state index in [-0.39, 0.29) is 0 Å². The van der Waals surface area contributed by atoms with Crippen molar-refractivity contribution in [1.82, 2.24) is 30.6 Å². The molecule has 21 heavy (non-hydrogen) atoms. The summed E-state index contributed by atoms with van der Waals surface area (Å²) >= 11 is 6.29. The molecule has 0 unspecified atom stereocenters. The summed E-state index contributed by atoms with van der Waals surface area (Å²) in [5.41, 5.74) is 2.33. The lowest BCUT2D eigenvalue weighted by molar-refractivity contribution is 0.881. The molecule has 1 N–H and O–H groups in total. The summed E-state index contributed by atoms with van der Waals surface area (Å²) < 4.78 is 0. The van der Waals surface area contributed by atoms with Gasteiger partial charge < -0.3 is 0 Å². The van der Waals surface area contributed by atoms with E-state index in [1.807, 2.05) is 24.3 Å². The first-order valence-electron chi connectivity index (χ1n) is 6.68. The van der Waals surface area contributed by atoms with E-state index >= 15 is 0 Å². The van der Waals surface area contributed by atoms with Gasteiger partial charge in [-0.1, -0.05) is 29.8 Å². The molecule has 1 saturated carbocycles. The predicted octanol–water partition coefficient (Wildman–Crippen LogP) is 2.85. The molecule has 2 heterocycles. The minimum absolute atomic E-state index is 0.453. The van der Waals surface area contributed by atoms with Crippen LogP contribution in [0.25, 0.3) is 22.6 Å². The second-order valence-electron chi connectivity index (χ2n) is 4.98. The Morgan fingerprint density at radius 2 is 2.00 bits per heavy atom. The van der Waals surface area contributed by atoms with Gasteiger partial charge in [0.1, 0.15) is 11.5 Å². The number of H-pyrrole nitrogens is 1. The van der Waals surface area contributed by atoms with Gasteiger partial charge in [-0.2, -0.15) is 5.21 Å². The number of halogens is 1. The first-order valence-corrected chi connectivity index (χ1v) is 7.06. The average molecular weight is 299 g/mol. The minimum atomic E-state index is 0.453. The van der Waals surface area contributed by atoms with Gasteiger partial charge in [-0.15, -0.1) is 10.2 Å². The average Bonchev–Trinajstić information content (AvgIpc) is 3.22. The Morgan fingerprint density at radius 1 is 1.14 bits per heavy atom. The van der Waals surface area contributed by atoms with Crippen molar-refractivity contribution in [2.75, 3.05) is 0 Å². The van der Waals surface area contributed by atoms with Crippen LogP contribution in [0.3, 0.4) is 0 Å². The maximum absolute atomic E-state index is 6.29. The van der Waals surface area contributed by atoms with Crippen molar-refractivity contribution < 1.29 is 0 Å². The summed E-state index contributed by atoms with van der Waals surface area (Å²) in [6, 6.07) is 7.59. The molecule has 0 bridgehead atoms. The van der Waals surface area contributed by atoms with Crippen LogP contribution < -0.4 is 0 Å². The van der Waals surface area contributed by atoms with E-state index in [0.717, 1.165) is 29.8 Å². The van der Waals surface area contributed by atoms with Crippen LogP contribution in [0.5, 0.6) is 0 Å². The lowest BCUT2D eigenvalue weighted by Crippen LogP contribution is -1.99. The maximum atomic E-state index is 6.29. The molecule has 0 atom stereocenters. The number of rotatable bonds is 3. The molecule has 0 spiro atoms. The van der Waals surface area contributed by atoms with Crippen molar-refractivity contribution in [2.45, 2.75) is 18.8 Å². The summed E-state index contributed by atoms with van der Waals surface area (Å²) in [6.45, 7) is 0. The highest BCUT2D eigenvalue weighted by Gasteiger charge is 2.28. The molecule has 1 fully saturated rings. The molecule has 1 aliphatic carbocycles. The number of aromatic nitrogens is 6. The van der Waals surface area contributed by atoms with Gasteiger partial charge in [-0.05, 0) is 24.1 Å². The van der Waals surface area contributed by atoms with Gasteiger partial charge in [0.25, 0.3) is 0 Å². The molecule has 1 aliphatic rings. The van der Waals surface area contributed by atoms with Crippen molar-refractivity contribution >= 4 is 11.6 Å². The summed E-state index contributed by atoms with van der Waals surface area (Å²) in [5, 5.41) is 14.8. The number of hydrogen-bond acceptors (Lipinski definition) is 5. The van der Waals surface area contributed by atoms with Crippen LogP contribution >= 0.6 is 11.6 Å². The van der Waals surface area contributed by atoms with Crippen LogP contribution in [-0.2, 0) is 0 Å². The van der Waals surface area contributed by atoms with Crippen LogP contribution in [0.1, 0.15) is 24.6 Å². The summed E-state index contributed by atoms with van der Waals surface area (Å²) in [4.78, 5) is 9.11. The molecular weight excluding hydrogens is 288 g/mol. The van der Waals surface area contributed by atoms with Crippen molar-refractivity contribution in [3.63, 3.8) is 0 Å². The molecule has 7 heteroatoms. The quantitative estimate of drug-likeness (QED) is 0.804. The Hall–Kier alpha value is -2.34.